The number of nitrogens with zero attached hydrogens (tertiary/aromatic N) is 2. The lowest BCUT2D eigenvalue weighted by molar-refractivity contribution is 0.0696. The number of sulfone groups is 1. The van der Waals surface area contributed by atoms with Gasteiger partial charge in [-0.05, 0) is 66.3 Å². The van der Waals surface area contributed by atoms with Crippen LogP contribution in [0.4, 0.5) is 0 Å². The molecule has 3 aromatic rings. The first-order valence-electron chi connectivity index (χ1n) is 9.43. The zero-order valence-corrected chi connectivity index (χ0v) is 16.8. The molecule has 1 saturated carbocycles. The fourth-order valence-corrected chi connectivity index (χ4v) is 5.21. The molecule has 1 fully saturated rings. The predicted molar refractivity (Wildman–Crippen MR) is 111 cm³/mol. The van der Waals surface area contributed by atoms with Crippen LogP contribution < -0.4 is 0 Å². The number of hydrogen-bond acceptors (Lipinski definition) is 5. The number of benzene rings is 2. The van der Waals surface area contributed by atoms with Crippen molar-refractivity contribution in [3.05, 3.63) is 83.0 Å². The summed E-state index contributed by atoms with van der Waals surface area (Å²) in [6.07, 6.45) is 3.39. The molecule has 4 rings (SSSR count). The Kier molecular flexibility index (Phi) is 5.10. The highest BCUT2D eigenvalue weighted by atomic mass is 32.2. The normalized spacial score (nSPS) is 13.6. The van der Waals surface area contributed by atoms with Crippen molar-refractivity contribution in [2.75, 3.05) is 0 Å². The van der Waals surface area contributed by atoms with Gasteiger partial charge in [0.05, 0.1) is 33.5 Å². The number of rotatable bonds is 6. The molecule has 0 saturated heterocycles. The molecule has 0 bridgehead atoms. The number of carbonyl (C=O) groups is 1. The summed E-state index contributed by atoms with van der Waals surface area (Å²) in [6.45, 7) is 0. The van der Waals surface area contributed by atoms with E-state index in [1.165, 1.54) is 12.1 Å². The van der Waals surface area contributed by atoms with Gasteiger partial charge in [0, 0.05) is 11.8 Å². The third-order valence-corrected chi connectivity index (χ3v) is 6.85. The summed E-state index contributed by atoms with van der Waals surface area (Å²) in [5, 5.41) is 18.6. The summed E-state index contributed by atoms with van der Waals surface area (Å²) in [4.78, 5) is 15.8. The van der Waals surface area contributed by atoms with Gasteiger partial charge in [-0.25, -0.2) is 13.2 Å². The molecule has 2 aromatic carbocycles. The summed E-state index contributed by atoms with van der Waals surface area (Å²) in [6, 6.07) is 16.6. The van der Waals surface area contributed by atoms with Crippen LogP contribution in [0.1, 0.15) is 45.8 Å². The van der Waals surface area contributed by atoms with Crippen molar-refractivity contribution in [2.24, 2.45) is 0 Å². The van der Waals surface area contributed by atoms with E-state index in [2.05, 4.69) is 4.98 Å². The highest BCUT2D eigenvalue weighted by Crippen LogP contribution is 2.43. The summed E-state index contributed by atoms with van der Waals surface area (Å²) in [7, 11) is -3.86. The van der Waals surface area contributed by atoms with Crippen molar-refractivity contribution in [2.45, 2.75) is 29.4 Å². The smallest absolute Gasteiger partial charge is 0.335 e. The van der Waals surface area contributed by atoms with Crippen LogP contribution in [0.25, 0.3) is 11.3 Å². The lowest BCUT2D eigenvalue weighted by Gasteiger charge is -2.14. The van der Waals surface area contributed by atoms with Crippen LogP contribution in [0.5, 0.6) is 0 Å². The van der Waals surface area contributed by atoms with Crippen molar-refractivity contribution in [1.82, 2.24) is 4.98 Å². The van der Waals surface area contributed by atoms with E-state index in [-0.39, 0.29) is 22.1 Å². The fraction of sp³-hybridized carbons (Fsp3) is 0.174. The summed E-state index contributed by atoms with van der Waals surface area (Å²) in [5.41, 5.74) is 2.63. The first-order chi connectivity index (χ1) is 14.4. The third-order valence-electron chi connectivity index (χ3n) is 5.13. The number of hydrogen-bond donors (Lipinski definition) is 1. The van der Waals surface area contributed by atoms with Crippen molar-refractivity contribution in [1.29, 1.82) is 5.26 Å². The Morgan fingerprint density at radius 3 is 2.57 bits per heavy atom. The van der Waals surface area contributed by atoms with Crippen LogP contribution in [0.2, 0.25) is 0 Å². The number of aromatic nitrogens is 1. The average Bonchev–Trinajstić information content (AvgIpc) is 3.59. The Labute approximate surface area is 174 Å². The minimum absolute atomic E-state index is 0.0548. The first kappa shape index (κ1) is 19.8. The van der Waals surface area contributed by atoms with Crippen LogP contribution >= 0.6 is 0 Å². The van der Waals surface area contributed by atoms with Crippen LogP contribution in [-0.2, 0) is 15.6 Å². The molecule has 0 radical (unpaired) electrons. The van der Waals surface area contributed by atoms with Gasteiger partial charge < -0.3 is 5.11 Å². The highest BCUT2D eigenvalue weighted by molar-refractivity contribution is 7.90. The van der Waals surface area contributed by atoms with Crippen molar-refractivity contribution in [3.8, 4) is 17.3 Å². The maximum absolute atomic E-state index is 13.4. The molecule has 30 heavy (non-hydrogen) atoms. The average molecular weight is 418 g/mol. The van der Waals surface area contributed by atoms with E-state index < -0.39 is 15.8 Å². The molecule has 0 atom stereocenters. The van der Waals surface area contributed by atoms with Gasteiger partial charge in [0.2, 0.25) is 0 Å². The summed E-state index contributed by atoms with van der Waals surface area (Å²) >= 11 is 0. The van der Waals surface area contributed by atoms with Crippen molar-refractivity contribution >= 4 is 15.8 Å². The quantitative estimate of drug-likeness (QED) is 0.644. The van der Waals surface area contributed by atoms with Gasteiger partial charge in [-0.1, -0.05) is 18.2 Å². The zero-order valence-electron chi connectivity index (χ0n) is 15.9. The molecular weight excluding hydrogens is 400 g/mol. The molecule has 0 unspecified atom stereocenters. The SMILES string of the molecule is N#Cc1ccc(-c2ccccn2)c(CS(=O)(=O)c2cc(C(=O)O)ccc2C2CC2)c1. The van der Waals surface area contributed by atoms with E-state index in [9.17, 15) is 23.6 Å². The molecule has 7 heteroatoms. The van der Waals surface area contributed by atoms with Gasteiger partial charge in [0.15, 0.2) is 9.84 Å². The van der Waals surface area contributed by atoms with Gasteiger partial charge in [-0.15, -0.1) is 0 Å². The lowest BCUT2D eigenvalue weighted by Crippen LogP contribution is -2.11. The van der Waals surface area contributed by atoms with Gasteiger partial charge >= 0.3 is 5.97 Å². The molecule has 0 amide bonds. The van der Waals surface area contributed by atoms with Gasteiger partial charge in [0.1, 0.15) is 0 Å². The number of pyridine rings is 1. The van der Waals surface area contributed by atoms with Crippen molar-refractivity contribution < 1.29 is 18.3 Å². The molecule has 0 spiro atoms. The predicted octanol–water partition coefficient (Wildman–Crippen LogP) is 4.17. The number of carboxylic acid groups (broad SMARTS) is 1. The first-order valence-corrected chi connectivity index (χ1v) is 11.1. The van der Waals surface area contributed by atoms with E-state index in [1.807, 2.05) is 6.07 Å². The molecule has 150 valence electrons. The van der Waals surface area contributed by atoms with Gasteiger partial charge in [-0.3, -0.25) is 4.98 Å². The van der Waals surface area contributed by atoms with Gasteiger partial charge in [-0.2, -0.15) is 5.26 Å². The molecule has 0 aliphatic heterocycles. The fourth-order valence-electron chi connectivity index (χ4n) is 3.51. The summed E-state index contributed by atoms with van der Waals surface area (Å²) < 4.78 is 26.8. The lowest BCUT2D eigenvalue weighted by atomic mass is 10.0. The van der Waals surface area contributed by atoms with Gasteiger partial charge in [0.25, 0.3) is 0 Å². The molecule has 1 aromatic heterocycles. The number of carboxylic acids is 1. The van der Waals surface area contributed by atoms with E-state index >= 15 is 0 Å². The van der Waals surface area contributed by atoms with Crippen LogP contribution in [0.15, 0.2) is 65.7 Å². The summed E-state index contributed by atoms with van der Waals surface area (Å²) in [5.74, 6) is -1.38. The molecule has 1 heterocycles. The minimum Gasteiger partial charge on any atom is -0.478 e. The topological polar surface area (TPSA) is 108 Å². The molecule has 6 nitrogen and oxygen atoms in total. The maximum Gasteiger partial charge on any atom is 0.335 e. The zero-order chi connectivity index (χ0) is 21.3. The standard InChI is InChI=1S/C23H18N2O4S/c24-13-15-4-8-19(21-3-1-2-10-25-21)18(11-15)14-30(28,29)22-12-17(23(26)27)7-9-20(22)16-5-6-16/h1-4,7-12,16H,5-6,14H2,(H,26,27). The van der Waals surface area contributed by atoms with Crippen molar-refractivity contribution in [3.63, 3.8) is 0 Å². The Balaban J connectivity index is 1.82. The van der Waals surface area contributed by atoms with Crippen LogP contribution in [0.3, 0.4) is 0 Å². The molecule has 1 aliphatic carbocycles. The highest BCUT2D eigenvalue weighted by Gasteiger charge is 2.31. The second kappa shape index (κ2) is 7.73. The second-order valence-corrected chi connectivity index (χ2v) is 9.25. The van der Waals surface area contributed by atoms with Crippen LogP contribution in [0, 0.1) is 11.3 Å². The number of aromatic carboxylic acids is 1. The van der Waals surface area contributed by atoms with E-state index in [0.29, 0.717) is 27.9 Å². The van der Waals surface area contributed by atoms with E-state index in [4.69, 9.17) is 0 Å². The second-order valence-electron chi connectivity index (χ2n) is 7.29. The molecule has 1 N–H and O–H groups in total. The minimum atomic E-state index is -3.86. The largest absolute Gasteiger partial charge is 0.478 e. The Morgan fingerprint density at radius 2 is 1.93 bits per heavy atom. The van der Waals surface area contributed by atoms with E-state index in [1.54, 1.807) is 48.7 Å². The monoisotopic (exact) mass is 418 g/mol. The Morgan fingerprint density at radius 1 is 1.13 bits per heavy atom. The molecule has 1 aliphatic rings. The van der Waals surface area contributed by atoms with Crippen LogP contribution in [-0.4, -0.2) is 24.5 Å². The number of nitriles is 1. The Bertz CT molecular complexity index is 1270. The third kappa shape index (κ3) is 3.95. The molecular formula is C23H18N2O4S. The maximum atomic E-state index is 13.4. The van der Waals surface area contributed by atoms with E-state index in [0.717, 1.165) is 12.8 Å². The Hall–Kier alpha value is -3.50.